The number of fused-ring (bicyclic) bond motifs is 1. The molecular formula is C16H21NO3S. The number of nitrogens with zero attached hydrogens (tertiary/aromatic N) is 1. The van der Waals surface area contributed by atoms with Gasteiger partial charge in [-0.2, -0.15) is 0 Å². The Hall–Kier alpha value is -1.36. The minimum atomic E-state index is -0.731. The third-order valence-corrected chi connectivity index (χ3v) is 5.80. The van der Waals surface area contributed by atoms with Crippen LogP contribution in [0, 0.1) is 5.92 Å². The van der Waals surface area contributed by atoms with E-state index in [1.165, 1.54) is 23.3 Å². The van der Waals surface area contributed by atoms with Gasteiger partial charge in [-0.25, -0.2) is 0 Å². The van der Waals surface area contributed by atoms with Crippen LogP contribution in [0.5, 0.6) is 0 Å². The molecule has 21 heavy (non-hydrogen) atoms. The average molecular weight is 307 g/mol. The highest BCUT2D eigenvalue weighted by molar-refractivity contribution is 7.14. The molecule has 0 unspecified atom stereocenters. The summed E-state index contributed by atoms with van der Waals surface area (Å²) in [5.41, 5.74) is 1.37. The van der Waals surface area contributed by atoms with Gasteiger partial charge in [-0.3, -0.25) is 9.59 Å². The predicted octanol–water partition coefficient (Wildman–Crippen LogP) is 2.95. The molecule has 1 aliphatic heterocycles. The van der Waals surface area contributed by atoms with Crippen molar-refractivity contribution in [1.29, 1.82) is 0 Å². The number of thiophene rings is 1. The fourth-order valence-electron chi connectivity index (χ4n) is 3.34. The lowest BCUT2D eigenvalue weighted by molar-refractivity contribution is -0.138. The third kappa shape index (κ3) is 3.28. The summed E-state index contributed by atoms with van der Waals surface area (Å²) in [5.74, 6) is -0.364. The number of hydrogen-bond donors (Lipinski definition) is 1. The number of carbonyl (C=O) groups is 2. The monoisotopic (exact) mass is 307 g/mol. The molecule has 1 aromatic heterocycles. The van der Waals surface area contributed by atoms with Crippen LogP contribution in [-0.2, 0) is 17.6 Å². The van der Waals surface area contributed by atoms with E-state index in [0.717, 1.165) is 30.6 Å². The van der Waals surface area contributed by atoms with Gasteiger partial charge in [-0.1, -0.05) is 0 Å². The zero-order valence-electron chi connectivity index (χ0n) is 12.1. The lowest BCUT2D eigenvalue weighted by atomic mass is 9.93. The molecule has 2 heterocycles. The highest BCUT2D eigenvalue weighted by atomic mass is 32.1. The summed E-state index contributed by atoms with van der Waals surface area (Å²) in [6, 6.07) is 2.09. The summed E-state index contributed by atoms with van der Waals surface area (Å²) in [4.78, 5) is 27.5. The molecule has 1 amide bonds. The number of aliphatic carboxylic acids is 1. The van der Waals surface area contributed by atoms with Crippen molar-refractivity contribution in [3.63, 3.8) is 0 Å². The molecule has 0 aromatic carbocycles. The average Bonchev–Trinajstić information content (AvgIpc) is 2.90. The number of hydrogen-bond acceptors (Lipinski definition) is 3. The van der Waals surface area contributed by atoms with Crippen molar-refractivity contribution < 1.29 is 14.7 Å². The van der Waals surface area contributed by atoms with E-state index in [-0.39, 0.29) is 18.2 Å². The zero-order chi connectivity index (χ0) is 14.8. The number of likely N-dealkylation sites (tertiary alicyclic amines) is 1. The second-order valence-electron chi connectivity index (χ2n) is 6.10. The standard InChI is InChI=1S/C16H21NO3S/c18-15(19)9-11-5-7-17(8-6-11)16(20)14-10-12-3-1-2-4-13(12)21-14/h10-11H,1-9H2,(H,18,19). The molecule has 3 rings (SSSR count). The van der Waals surface area contributed by atoms with Gasteiger partial charge >= 0.3 is 5.97 Å². The molecule has 1 aliphatic carbocycles. The quantitative estimate of drug-likeness (QED) is 0.934. The summed E-state index contributed by atoms with van der Waals surface area (Å²) < 4.78 is 0. The van der Waals surface area contributed by atoms with E-state index in [1.54, 1.807) is 11.3 Å². The van der Waals surface area contributed by atoms with Crippen LogP contribution in [0.3, 0.4) is 0 Å². The molecule has 0 spiro atoms. The Labute approximate surface area is 128 Å². The van der Waals surface area contributed by atoms with Crippen molar-refractivity contribution >= 4 is 23.2 Å². The number of carbonyl (C=O) groups excluding carboxylic acids is 1. The van der Waals surface area contributed by atoms with Crippen LogP contribution in [0.25, 0.3) is 0 Å². The Morgan fingerprint density at radius 1 is 1.24 bits per heavy atom. The van der Waals surface area contributed by atoms with Crippen LogP contribution in [0.2, 0.25) is 0 Å². The number of aryl methyl sites for hydroxylation is 2. The Morgan fingerprint density at radius 3 is 2.62 bits per heavy atom. The van der Waals surface area contributed by atoms with Crippen molar-refractivity contribution in [2.75, 3.05) is 13.1 Å². The van der Waals surface area contributed by atoms with Gasteiger partial charge in [0, 0.05) is 24.4 Å². The minimum absolute atomic E-state index is 0.142. The second kappa shape index (κ2) is 6.18. The maximum atomic E-state index is 12.6. The molecule has 1 aromatic rings. The van der Waals surface area contributed by atoms with Gasteiger partial charge in [0.25, 0.3) is 5.91 Å². The summed E-state index contributed by atoms with van der Waals surface area (Å²) in [6.45, 7) is 1.39. The van der Waals surface area contributed by atoms with Crippen LogP contribution in [-0.4, -0.2) is 35.0 Å². The number of amides is 1. The van der Waals surface area contributed by atoms with Gasteiger partial charge in [0.1, 0.15) is 0 Å². The molecule has 0 saturated carbocycles. The summed E-state index contributed by atoms with van der Waals surface area (Å²) >= 11 is 1.66. The molecule has 2 aliphatic rings. The Bertz CT molecular complexity index is 520. The highest BCUT2D eigenvalue weighted by Gasteiger charge is 2.26. The van der Waals surface area contributed by atoms with E-state index in [9.17, 15) is 9.59 Å². The first-order valence-corrected chi connectivity index (χ1v) is 8.58. The molecule has 0 atom stereocenters. The largest absolute Gasteiger partial charge is 0.481 e. The zero-order valence-corrected chi connectivity index (χ0v) is 13.0. The van der Waals surface area contributed by atoms with Crippen LogP contribution < -0.4 is 0 Å². The first-order valence-electron chi connectivity index (χ1n) is 7.76. The van der Waals surface area contributed by atoms with E-state index in [2.05, 4.69) is 6.07 Å². The van der Waals surface area contributed by atoms with Gasteiger partial charge in [-0.15, -0.1) is 11.3 Å². The van der Waals surface area contributed by atoms with Gasteiger partial charge in [-0.05, 0) is 56.1 Å². The highest BCUT2D eigenvalue weighted by Crippen LogP contribution is 2.31. The van der Waals surface area contributed by atoms with E-state index < -0.39 is 5.97 Å². The Balaban J connectivity index is 1.61. The van der Waals surface area contributed by atoms with Crippen molar-refractivity contribution in [3.8, 4) is 0 Å². The molecule has 0 bridgehead atoms. The minimum Gasteiger partial charge on any atom is -0.481 e. The van der Waals surface area contributed by atoms with E-state index in [1.807, 2.05) is 4.90 Å². The third-order valence-electron chi connectivity index (χ3n) is 4.57. The van der Waals surface area contributed by atoms with E-state index in [0.29, 0.717) is 13.1 Å². The van der Waals surface area contributed by atoms with Crippen molar-refractivity contribution in [2.45, 2.75) is 44.9 Å². The predicted molar refractivity (Wildman–Crippen MR) is 81.8 cm³/mol. The number of carboxylic acids is 1. The Morgan fingerprint density at radius 2 is 1.95 bits per heavy atom. The van der Waals surface area contributed by atoms with Crippen LogP contribution >= 0.6 is 11.3 Å². The molecule has 114 valence electrons. The van der Waals surface area contributed by atoms with E-state index >= 15 is 0 Å². The molecular weight excluding hydrogens is 286 g/mol. The summed E-state index contributed by atoms with van der Waals surface area (Å²) in [5, 5.41) is 8.83. The lowest BCUT2D eigenvalue weighted by Gasteiger charge is -2.31. The second-order valence-corrected chi connectivity index (χ2v) is 7.24. The summed E-state index contributed by atoms with van der Waals surface area (Å²) in [7, 11) is 0. The molecule has 1 saturated heterocycles. The Kier molecular flexibility index (Phi) is 4.29. The van der Waals surface area contributed by atoms with Crippen LogP contribution in [0.15, 0.2) is 6.07 Å². The van der Waals surface area contributed by atoms with Gasteiger partial charge in [0.05, 0.1) is 4.88 Å². The number of rotatable bonds is 3. The smallest absolute Gasteiger partial charge is 0.303 e. The van der Waals surface area contributed by atoms with Gasteiger partial charge < -0.3 is 10.0 Å². The first-order chi connectivity index (χ1) is 10.1. The lowest BCUT2D eigenvalue weighted by Crippen LogP contribution is -2.38. The van der Waals surface area contributed by atoms with Crippen molar-refractivity contribution in [2.24, 2.45) is 5.92 Å². The maximum absolute atomic E-state index is 12.6. The van der Waals surface area contributed by atoms with Gasteiger partial charge in [0.15, 0.2) is 0 Å². The summed E-state index contributed by atoms with van der Waals surface area (Å²) in [6.07, 6.45) is 6.55. The topological polar surface area (TPSA) is 57.6 Å². The van der Waals surface area contributed by atoms with Crippen molar-refractivity contribution in [3.05, 3.63) is 21.4 Å². The number of carboxylic acid groups (broad SMARTS) is 1. The molecule has 0 radical (unpaired) electrons. The van der Waals surface area contributed by atoms with Crippen LogP contribution in [0.4, 0.5) is 0 Å². The van der Waals surface area contributed by atoms with Gasteiger partial charge in [0.2, 0.25) is 0 Å². The fraction of sp³-hybridized carbons (Fsp3) is 0.625. The molecule has 1 N–H and O–H groups in total. The maximum Gasteiger partial charge on any atom is 0.303 e. The number of piperidine rings is 1. The van der Waals surface area contributed by atoms with E-state index in [4.69, 9.17) is 5.11 Å². The molecule has 5 heteroatoms. The SMILES string of the molecule is O=C(O)CC1CCN(C(=O)c2cc3c(s2)CCCC3)CC1. The molecule has 4 nitrogen and oxygen atoms in total. The first kappa shape index (κ1) is 14.6. The fourth-order valence-corrected chi connectivity index (χ4v) is 4.56. The molecule has 1 fully saturated rings. The van der Waals surface area contributed by atoms with Crippen LogP contribution in [0.1, 0.15) is 52.2 Å². The normalized spacial score (nSPS) is 19.3. The van der Waals surface area contributed by atoms with Crippen molar-refractivity contribution in [1.82, 2.24) is 4.90 Å².